The lowest BCUT2D eigenvalue weighted by molar-refractivity contribution is -0.127. The highest BCUT2D eigenvalue weighted by Gasteiger charge is 2.29. The predicted molar refractivity (Wildman–Crippen MR) is 94.9 cm³/mol. The second kappa shape index (κ2) is 7.59. The maximum absolute atomic E-state index is 13.0. The lowest BCUT2D eigenvalue weighted by atomic mass is 10.1. The van der Waals surface area contributed by atoms with E-state index in [1.807, 2.05) is 18.0 Å². The Morgan fingerprint density at radius 1 is 1.32 bits per heavy atom. The Hall–Kier alpha value is -2.50. The van der Waals surface area contributed by atoms with Crippen molar-refractivity contribution in [2.24, 2.45) is 0 Å². The zero-order valence-electron chi connectivity index (χ0n) is 14.6. The maximum Gasteiger partial charge on any atom is 0.224 e. The van der Waals surface area contributed by atoms with Gasteiger partial charge in [-0.15, -0.1) is 0 Å². The molecule has 0 spiro atoms. The zero-order chi connectivity index (χ0) is 17.8. The van der Waals surface area contributed by atoms with E-state index in [1.54, 1.807) is 12.1 Å². The molecule has 1 aliphatic rings. The molecule has 1 aromatic carbocycles. The summed E-state index contributed by atoms with van der Waals surface area (Å²) in [6, 6.07) is 6.50. The van der Waals surface area contributed by atoms with Gasteiger partial charge in [-0.3, -0.25) is 4.79 Å². The van der Waals surface area contributed by atoms with Gasteiger partial charge in [-0.25, -0.2) is 14.4 Å². The van der Waals surface area contributed by atoms with Gasteiger partial charge in [-0.1, -0.05) is 19.1 Å². The van der Waals surface area contributed by atoms with Gasteiger partial charge in [0.15, 0.2) is 0 Å². The van der Waals surface area contributed by atoms with E-state index in [-0.39, 0.29) is 17.8 Å². The van der Waals surface area contributed by atoms with Crippen molar-refractivity contribution in [1.29, 1.82) is 0 Å². The van der Waals surface area contributed by atoms with E-state index in [0.29, 0.717) is 19.5 Å². The van der Waals surface area contributed by atoms with Gasteiger partial charge in [0.25, 0.3) is 0 Å². The molecule has 132 valence electrons. The van der Waals surface area contributed by atoms with Gasteiger partial charge in [0.1, 0.15) is 17.5 Å². The number of nitrogens with one attached hydrogen (secondary N) is 1. The maximum atomic E-state index is 13.0. The average molecular weight is 342 g/mol. The van der Waals surface area contributed by atoms with Crippen LogP contribution in [0, 0.1) is 12.7 Å². The number of aryl methyl sites for hydroxylation is 2. The highest BCUT2D eigenvalue weighted by molar-refractivity contribution is 5.80. The number of aromatic nitrogens is 2. The van der Waals surface area contributed by atoms with Crippen LogP contribution >= 0.6 is 0 Å². The third-order valence-electron chi connectivity index (χ3n) is 4.50. The van der Waals surface area contributed by atoms with Crippen LogP contribution in [0.2, 0.25) is 0 Å². The van der Waals surface area contributed by atoms with Crippen LogP contribution < -0.4 is 5.32 Å². The van der Waals surface area contributed by atoms with Gasteiger partial charge in [0.05, 0.1) is 6.04 Å². The molecule has 1 aliphatic heterocycles. The van der Waals surface area contributed by atoms with Crippen LogP contribution in [0.4, 0.5) is 10.2 Å². The number of likely N-dealkylation sites (tertiary alicyclic amines) is 1. The molecule has 5 nitrogen and oxygen atoms in total. The van der Waals surface area contributed by atoms with Gasteiger partial charge < -0.3 is 10.2 Å². The summed E-state index contributed by atoms with van der Waals surface area (Å²) in [6.07, 6.45) is 3.88. The molecule has 0 saturated carbocycles. The van der Waals surface area contributed by atoms with Gasteiger partial charge in [-0.2, -0.15) is 0 Å². The van der Waals surface area contributed by atoms with Crippen LogP contribution in [0.25, 0.3) is 0 Å². The summed E-state index contributed by atoms with van der Waals surface area (Å²) >= 11 is 0. The first kappa shape index (κ1) is 17.3. The van der Waals surface area contributed by atoms with Crippen molar-refractivity contribution in [3.63, 3.8) is 0 Å². The van der Waals surface area contributed by atoms with Crippen molar-refractivity contribution in [2.75, 3.05) is 18.4 Å². The Balaban J connectivity index is 1.59. The second-order valence-corrected chi connectivity index (χ2v) is 6.41. The summed E-state index contributed by atoms with van der Waals surface area (Å²) in [6.45, 7) is 5.23. The fourth-order valence-corrected chi connectivity index (χ4v) is 3.07. The summed E-state index contributed by atoms with van der Waals surface area (Å²) in [5, 5.41) is 3.40. The lowest BCUT2D eigenvalue weighted by Crippen LogP contribution is -2.30. The van der Waals surface area contributed by atoms with Crippen molar-refractivity contribution in [3.05, 3.63) is 53.2 Å². The third-order valence-corrected chi connectivity index (χ3v) is 4.50. The molecule has 2 aromatic rings. The van der Waals surface area contributed by atoms with E-state index >= 15 is 0 Å². The van der Waals surface area contributed by atoms with Crippen LogP contribution in [0.15, 0.2) is 30.5 Å². The van der Waals surface area contributed by atoms with E-state index in [1.165, 1.54) is 12.1 Å². The Bertz CT molecular complexity index is 748. The summed E-state index contributed by atoms with van der Waals surface area (Å²) in [4.78, 5) is 22.8. The smallest absolute Gasteiger partial charge is 0.224 e. The first-order chi connectivity index (χ1) is 12.0. The number of anilines is 1. The topological polar surface area (TPSA) is 58.1 Å². The minimum absolute atomic E-state index is 0.0558. The molecule has 3 rings (SSSR count). The van der Waals surface area contributed by atoms with Crippen LogP contribution in [0.5, 0.6) is 0 Å². The summed E-state index contributed by atoms with van der Waals surface area (Å²) in [7, 11) is 0. The molecule has 1 unspecified atom stereocenters. The van der Waals surface area contributed by atoms with Crippen molar-refractivity contribution in [1.82, 2.24) is 14.9 Å². The molecule has 1 atom stereocenters. The molecule has 0 aliphatic carbocycles. The Kier molecular flexibility index (Phi) is 5.26. The monoisotopic (exact) mass is 342 g/mol. The summed E-state index contributed by atoms with van der Waals surface area (Å²) in [5.74, 6) is 1.45. The SMILES string of the molecule is CCc1cnc(C)nc1NC1CC(=O)N(CCc2ccc(F)cc2)C1. The molecule has 0 bridgehead atoms. The minimum atomic E-state index is -0.239. The first-order valence-electron chi connectivity index (χ1n) is 8.66. The van der Waals surface area contributed by atoms with Crippen molar-refractivity contribution in [2.45, 2.75) is 39.2 Å². The number of amides is 1. The highest BCUT2D eigenvalue weighted by Crippen LogP contribution is 2.19. The fraction of sp³-hybridized carbons (Fsp3) is 0.421. The number of benzene rings is 1. The van der Waals surface area contributed by atoms with Crippen LogP contribution in [0.1, 0.15) is 30.3 Å². The van der Waals surface area contributed by atoms with Crippen LogP contribution in [-0.4, -0.2) is 39.9 Å². The fourth-order valence-electron chi connectivity index (χ4n) is 3.07. The number of nitrogens with zero attached hydrogens (tertiary/aromatic N) is 3. The lowest BCUT2D eigenvalue weighted by Gasteiger charge is -2.18. The molecule has 0 radical (unpaired) electrons. The van der Waals surface area contributed by atoms with Crippen LogP contribution in [0.3, 0.4) is 0 Å². The zero-order valence-corrected chi connectivity index (χ0v) is 14.6. The molecular formula is C19H23FN4O. The Morgan fingerprint density at radius 2 is 2.08 bits per heavy atom. The van der Waals surface area contributed by atoms with Crippen molar-refractivity contribution < 1.29 is 9.18 Å². The molecule has 2 heterocycles. The average Bonchev–Trinajstić information content (AvgIpc) is 2.94. The normalized spacial score (nSPS) is 17.2. The molecule has 1 N–H and O–H groups in total. The number of hydrogen-bond donors (Lipinski definition) is 1. The highest BCUT2D eigenvalue weighted by atomic mass is 19.1. The van der Waals surface area contributed by atoms with E-state index in [2.05, 4.69) is 22.2 Å². The molecule has 1 saturated heterocycles. The molecule has 1 fully saturated rings. The van der Waals surface area contributed by atoms with E-state index in [4.69, 9.17) is 0 Å². The predicted octanol–water partition coefficient (Wildman–Crippen LogP) is 2.74. The molecule has 1 amide bonds. The van der Waals surface area contributed by atoms with Gasteiger partial charge in [-0.05, 0) is 37.5 Å². The Labute approximate surface area is 147 Å². The number of hydrogen-bond acceptors (Lipinski definition) is 4. The molecule has 25 heavy (non-hydrogen) atoms. The molecule has 1 aromatic heterocycles. The van der Waals surface area contributed by atoms with Gasteiger partial charge in [0.2, 0.25) is 5.91 Å². The number of carbonyl (C=O) groups is 1. The summed E-state index contributed by atoms with van der Waals surface area (Å²) in [5.41, 5.74) is 2.09. The first-order valence-corrected chi connectivity index (χ1v) is 8.66. The van der Waals surface area contributed by atoms with E-state index in [9.17, 15) is 9.18 Å². The quantitative estimate of drug-likeness (QED) is 0.877. The van der Waals surface area contributed by atoms with Gasteiger partial charge in [0, 0.05) is 31.3 Å². The Morgan fingerprint density at radius 3 is 2.80 bits per heavy atom. The molecule has 6 heteroatoms. The third kappa shape index (κ3) is 4.32. The number of carbonyl (C=O) groups excluding carboxylic acids is 1. The van der Waals surface area contributed by atoms with Crippen LogP contribution in [-0.2, 0) is 17.6 Å². The number of rotatable bonds is 6. The van der Waals surface area contributed by atoms with E-state index in [0.717, 1.165) is 35.6 Å². The van der Waals surface area contributed by atoms with E-state index < -0.39 is 0 Å². The van der Waals surface area contributed by atoms with Crippen molar-refractivity contribution in [3.8, 4) is 0 Å². The standard InChI is InChI=1S/C19H23FN4O/c1-3-15-11-21-13(2)22-19(15)23-17-10-18(25)24(12-17)9-8-14-4-6-16(20)7-5-14/h4-7,11,17H,3,8-10,12H2,1-2H3,(H,21,22,23). The molecular weight excluding hydrogens is 319 g/mol. The number of halogens is 1. The minimum Gasteiger partial charge on any atom is -0.365 e. The second-order valence-electron chi connectivity index (χ2n) is 6.41. The van der Waals surface area contributed by atoms with Gasteiger partial charge >= 0.3 is 0 Å². The summed E-state index contributed by atoms with van der Waals surface area (Å²) < 4.78 is 13.0. The van der Waals surface area contributed by atoms with Crippen molar-refractivity contribution >= 4 is 11.7 Å². The largest absolute Gasteiger partial charge is 0.365 e.